The first-order chi connectivity index (χ1) is 8.99. The van der Waals surface area contributed by atoms with Gasteiger partial charge in [0.05, 0.1) is 12.1 Å². The molecule has 0 aromatic heterocycles. The molecule has 1 saturated heterocycles. The molecule has 0 spiro atoms. The number of nitrogens with one attached hydrogen (secondary N) is 1. The van der Waals surface area contributed by atoms with E-state index in [1.165, 1.54) is 0 Å². The Balaban J connectivity index is 1.78. The van der Waals surface area contributed by atoms with E-state index in [-0.39, 0.29) is 23.9 Å². The van der Waals surface area contributed by atoms with Gasteiger partial charge in [0.2, 0.25) is 11.8 Å². The van der Waals surface area contributed by atoms with Gasteiger partial charge in [0.1, 0.15) is 0 Å². The van der Waals surface area contributed by atoms with Crippen molar-refractivity contribution in [2.75, 3.05) is 26.2 Å². The van der Waals surface area contributed by atoms with Gasteiger partial charge in [-0.15, -0.1) is 0 Å². The first-order valence-electron chi connectivity index (χ1n) is 7.07. The zero-order chi connectivity index (χ0) is 14.0. The van der Waals surface area contributed by atoms with Crippen LogP contribution < -0.4 is 11.1 Å². The lowest BCUT2D eigenvalue weighted by atomic mass is 10.1. The summed E-state index contributed by atoms with van der Waals surface area (Å²) in [4.78, 5) is 27.4. The van der Waals surface area contributed by atoms with E-state index in [0.717, 1.165) is 39.0 Å². The zero-order valence-electron chi connectivity index (χ0n) is 11.8. The van der Waals surface area contributed by atoms with Crippen LogP contribution >= 0.6 is 0 Å². The summed E-state index contributed by atoms with van der Waals surface area (Å²) >= 11 is 0. The Morgan fingerprint density at radius 2 is 1.53 bits per heavy atom. The lowest BCUT2D eigenvalue weighted by Gasteiger charge is -2.39. The Bertz CT molecular complexity index is 349. The SMILES string of the molecule is C[C@H](C(=O)NC1CC1)N1CCN([C@@H](C)C(N)=O)CC1. The average Bonchev–Trinajstić information content (AvgIpc) is 3.21. The van der Waals surface area contributed by atoms with Gasteiger partial charge in [-0.3, -0.25) is 19.4 Å². The van der Waals surface area contributed by atoms with Gasteiger partial charge in [-0.2, -0.15) is 0 Å². The normalized spacial score (nSPS) is 24.7. The van der Waals surface area contributed by atoms with Crippen LogP contribution in [0.25, 0.3) is 0 Å². The molecule has 0 aromatic carbocycles. The second-order valence-electron chi connectivity index (χ2n) is 5.61. The summed E-state index contributed by atoms with van der Waals surface area (Å²) in [5, 5.41) is 3.03. The molecule has 2 aliphatic rings. The van der Waals surface area contributed by atoms with Crippen molar-refractivity contribution >= 4 is 11.8 Å². The molecule has 0 unspecified atom stereocenters. The number of primary amides is 1. The first kappa shape index (κ1) is 14.3. The van der Waals surface area contributed by atoms with Gasteiger partial charge in [-0.05, 0) is 26.7 Å². The fourth-order valence-electron chi connectivity index (χ4n) is 2.41. The highest BCUT2D eigenvalue weighted by Crippen LogP contribution is 2.19. The van der Waals surface area contributed by atoms with Crippen molar-refractivity contribution in [1.82, 2.24) is 15.1 Å². The third kappa shape index (κ3) is 3.67. The molecule has 2 amide bonds. The predicted molar refractivity (Wildman–Crippen MR) is 72.4 cm³/mol. The Labute approximate surface area is 114 Å². The Kier molecular flexibility index (Phi) is 4.42. The fraction of sp³-hybridized carbons (Fsp3) is 0.846. The molecule has 2 fully saturated rings. The summed E-state index contributed by atoms with van der Waals surface area (Å²) in [6.07, 6.45) is 2.23. The van der Waals surface area contributed by atoms with Crippen molar-refractivity contribution in [3.8, 4) is 0 Å². The van der Waals surface area contributed by atoms with Crippen molar-refractivity contribution in [3.63, 3.8) is 0 Å². The summed E-state index contributed by atoms with van der Waals surface area (Å²) < 4.78 is 0. The highest BCUT2D eigenvalue weighted by atomic mass is 16.2. The highest BCUT2D eigenvalue weighted by Gasteiger charge is 2.31. The van der Waals surface area contributed by atoms with Crippen LogP contribution in [0.3, 0.4) is 0 Å². The number of carbonyl (C=O) groups is 2. The number of hydrogen-bond donors (Lipinski definition) is 2. The molecule has 1 heterocycles. The Morgan fingerprint density at radius 1 is 1.05 bits per heavy atom. The van der Waals surface area contributed by atoms with Crippen LogP contribution in [0.1, 0.15) is 26.7 Å². The molecule has 0 bridgehead atoms. The molecule has 6 heteroatoms. The third-order valence-electron chi connectivity index (χ3n) is 4.16. The quantitative estimate of drug-likeness (QED) is 0.680. The number of hydrogen-bond acceptors (Lipinski definition) is 4. The number of amides is 2. The van der Waals surface area contributed by atoms with E-state index in [0.29, 0.717) is 6.04 Å². The molecular weight excluding hydrogens is 244 g/mol. The monoisotopic (exact) mass is 268 g/mol. The zero-order valence-corrected chi connectivity index (χ0v) is 11.8. The number of rotatable bonds is 5. The minimum Gasteiger partial charge on any atom is -0.368 e. The summed E-state index contributed by atoms with van der Waals surface area (Å²) in [6, 6.07) is 0.0931. The fourth-order valence-corrected chi connectivity index (χ4v) is 2.41. The maximum absolute atomic E-state index is 12.0. The Hall–Kier alpha value is -1.14. The molecular formula is C13H24N4O2. The van der Waals surface area contributed by atoms with Crippen LogP contribution in [-0.2, 0) is 9.59 Å². The topological polar surface area (TPSA) is 78.7 Å². The molecule has 3 N–H and O–H groups in total. The Morgan fingerprint density at radius 3 is 1.95 bits per heavy atom. The minimum atomic E-state index is -0.284. The lowest BCUT2D eigenvalue weighted by molar-refractivity contribution is -0.128. The van der Waals surface area contributed by atoms with Gasteiger partial charge in [0, 0.05) is 32.2 Å². The summed E-state index contributed by atoms with van der Waals surface area (Å²) in [5.41, 5.74) is 5.31. The number of piperazine rings is 1. The molecule has 19 heavy (non-hydrogen) atoms. The van der Waals surface area contributed by atoms with Gasteiger partial charge >= 0.3 is 0 Å². The average molecular weight is 268 g/mol. The van der Waals surface area contributed by atoms with Gasteiger partial charge in [0.25, 0.3) is 0 Å². The van der Waals surface area contributed by atoms with Crippen molar-refractivity contribution in [2.45, 2.75) is 44.8 Å². The molecule has 2 atom stereocenters. The number of nitrogens with zero attached hydrogens (tertiary/aromatic N) is 2. The van der Waals surface area contributed by atoms with Crippen molar-refractivity contribution in [1.29, 1.82) is 0 Å². The summed E-state index contributed by atoms with van der Waals surface area (Å²) in [6.45, 7) is 6.95. The van der Waals surface area contributed by atoms with Crippen LogP contribution in [0, 0.1) is 0 Å². The predicted octanol–water partition coefficient (Wildman–Crippen LogP) is -0.855. The molecule has 1 aliphatic heterocycles. The van der Waals surface area contributed by atoms with Crippen molar-refractivity contribution in [3.05, 3.63) is 0 Å². The highest BCUT2D eigenvalue weighted by molar-refractivity contribution is 5.82. The second kappa shape index (κ2) is 5.88. The number of nitrogens with two attached hydrogens (primary N) is 1. The van der Waals surface area contributed by atoms with E-state index in [1.54, 1.807) is 0 Å². The van der Waals surface area contributed by atoms with E-state index >= 15 is 0 Å². The van der Waals surface area contributed by atoms with Gasteiger partial charge in [-0.1, -0.05) is 0 Å². The molecule has 2 rings (SSSR count). The maximum atomic E-state index is 12.0. The summed E-state index contributed by atoms with van der Waals surface area (Å²) in [5.74, 6) is -0.160. The molecule has 108 valence electrons. The largest absolute Gasteiger partial charge is 0.368 e. The smallest absolute Gasteiger partial charge is 0.237 e. The van der Waals surface area contributed by atoms with Gasteiger partial charge in [0.15, 0.2) is 0 Å². The van der Waals surface area contributed by atoms with Gasteiger partial charge in [-0.25, -0.2) is 0 Å². The maximum Gasteiger partial charge on any atom is 0.237 e. The first-order valence-corrected chi connectivity index (χ1v) is 7.07. The third-order valence-corrected chi connectivity index (χ3v) is 4.16. The molecule has 0 radical (unpaired) electrons. The van der Waals surface area contributed by atoms with Crippen molar-refractivity contribution < 1.29 is 9.59 Å². The summed E-state index contributed by atoms with van der Waals surface area (Å²) in [7, 11) is 0. The van der Waals surface area contributed by atoms with Crippen LogP contribution in [0.15, 0.2) is 0 Å². The van der Waals surface area contributed by atoms with E-state index in [2.05, 4.69) is 15.1 Å². The standard InChI is InChI=1S/C13H24N4O2/c1-9(12(14)18)16-5-7-17(8-6-16)10(2)13(19)15-11-3-4-11/h9-11H,3-8H2,1-2H3,(H2,14,18)(H,15,19)/t9-,10+/m0/s1. The van der Waals surface area contributed by atoms with Crippen LogP contribution in [0.5, 0.6) is 0 Å². The van der Waals surface area contributed by atoms with E-state index in [1.807, 2.05) is 13.8 Å². The minimum absolute atomic E-state index is 0.0911. The van der Waals surface area contributed by atoms with Crippen LogP contribution in [0.2, 0.25) is 0 Å². The number of carbonyl (C=O) groups excluding carboxylic acids is 2. The second-order valence-corrected chi connectivity index (χ2v) is 5.61. The van der Waals surface area contributed by atoms with E-state index in [4.69, 9.17) is 5.73 Å². The van der Waals surface area contributed by atoms with E-state index in [9.17, 15) is 9.59 Å². The molecule has 1 saturated carbocycles. The van der Waals surface area contributed by atoms with Crippen LogP contribution in [0.4, 0.5) is 0 Å². The molecule has 0 aromatic rings. The van der Waals surface area contributed by atoms with Gasteiger partial charge < -0.3 is 11.1 Å². The molecule has 1 aliphatic carbocycles. The molecule has 6 nitrogen and oxygen atoms in total. The van der Waals surface area contributed by atoms with Crippen LogP contribution in [-0.4, -0.2) is 65.9 Å². The van der Waals surface area contributed by atoms with E-state index < -0.39 is 0 Å². The lowest BCUT2D eigenvalue weighted by Crippen LogP contribution is -2.57. The van der Waals surface area contributed by atoms with Crippen molar-refractivity contribution in [2.24, 2.45) is 5.73 Å².